The summed E-state index contributed by atoms with van der Waals surface area (Å²) >= 11 is 0. The number of fused-ring (bicyclic) bond motifs is 1. The van der Waals surface area contributed by atoms with Gasteiger partial charge in [0, 0.05) is 41.9 Å². The maximum atomic E-state index is 11.2. The van der Waals surface area contributed by atoms with E-state index in [0.29, 0.717) is 11.6 Å². The molecular formula is C16H17N3O2. The normalized spacial score (nSPS) is 11.4. The van der Waals surface area contributed by atoms with E-state index in [2.05, 4.69) is 18.9 Å². The van der Waals surface area contributed by atoms with Crippen LogP contribution < -0.4 is 0 Å². The van der Waals surface area contributed by atoms with Crippen LogP contribution in [0.25, 0.3) is 22.0 Å². The van der Waals surface area contributed by atoms with E-state index in [1.54, 1.807) is 6.20 Å². The Morgan fingerprint density at radius 1 is 1.24 bits per heavy atom. The second-order valence-electron chi connectivity index (χ2n) is 5.49. The molecule has 108 valence electrons. The van der Waals surface area contributed by atoms with Gasteiger partial charge in [0.15, 0.2) is 0 Å². The van der Waals surface area contributed by atoms with Gasteiger partial charge in [0.25, 0.3) is 0 Å². The molecule has 0 fully saturated rings. The van der Waals surface area contributed by atoms with Crippen molar-refractivity contribution in [2.45, 2.75) is 19.9 Å². The van der Waals surface area contributed by atoms with Crippen LogP contribution in [0.1, 0.15) is 30.2 Å². The van der Waals surface area contributed by atoms with Gasteiger partial charge in [0.05, 0.1) is 11.8 Å². The number of aromatic carboxylic acids is 1. The van der Waals surface area contributed by atoms with Crippen molar-refractivity contribution in [2.75, 3.05) is 0 Å². The fourth-order valence-electron chi connectivity index (χ4n) is 2.50. The molecule has 21 heavy (non-hydrogen) atoms. The van der Waals surface area contributed by atoms with Crippen LogP contribution in [-0.2, 0) is 7.05 Å². The number of carboxylic acid groups (broad SMARTS) is 1. The van der Waals surface area contributed by atoms with Crippen LogP contribution in [0.2, 0.25) is 0 Å². The third kappa shape index (κ3) is 2.20. The van der Waals surface area contributed by atoms with Gasteiger partial charge in [-0.2, -0.15) is 5.10 Å². The van der Waals surface area contributed by atoms with Gasteiger partial charge in [-0.3, -0.25) is 4.68 Å². The summed E-state index contributed by atoms with van der Waals surface area (Å²) in [5.74, 6) is -0.902. The van der Waals surface area contributed by atoms with Crippen molar-refractivity contribution in [3.8, 4) is 11.1 Å². The molecule has 0 atom stereocenters. The Morgan fingerprint density at radius 2 is 2.00 bits per heavy atom. The lowest BCUT2D eigenvalue weighted by Gasteiger charge is -2.04. The molecule has 3 aromatic rings. The van der Waals surface area contributed by atoms with Crippen LogP contribution in [0.4, 0.5) is 0 Å². The molecule has 2 heterocycles. The third-order valence-electron chi connectivity index (χ3n) is 3.68. The molecular weight excluding hydrogens is 266 g/mol. The zero-order valence-electron chi connectivity index (χ0n) is 12.2. The molecule has 0 unspecified atom stereocenters. The van der Waals surface area contributed by atoms with E-state index in [0.717, 1.165) is 22.0 Å². The molecule has 1 N–H and O–H groups in total. The minimum Gasteiger partial charge on any atom is -0.478 e. The summed E-state index contributed by atoms with van der Waals surface area (Å²) in [6.45, 7) is 4.16. The van der Waals surface area contributed by atoms with Gasteiger partial charge in [-0.1, -0.05) is 12.1 Å². The monoisotopic (exact) mass is 283 g/mol. The number of nitrogens with zero attached hydrogens (tertiary/aromatic N) is 3. The summed E-state index contributed by atoms with van der Waals surface area (Å²) in [4.78, 5) is 11.2. The standard InChI is InChI=1S/C16H17N3O2/c1-10(2)19-8-12(7-17-19)11-4-5-13-14(16(20)21)9-18(3)15(13)6-11/h4-10H,1-3H3,(H,20,21). The highest BCUT2D eigenvalue weighted by atomic mass is 16.4. The SMILES string of the molecule is CC(C)n1cc(-c2ccc3c(C(=O)O)cn(C)c3c2)cn1. The van der Waals surface area contributed by atoms with Gasteiger partial charge in [-0.15, -0.1) is 0 Å². The lowest BCUT2D eigenvalue weighted by molar-refractivity contribution is 0.0699. The number of aromatic nitrogens is 3. The maximum Gasteiger partial charge on any atom is 0.337 e. The summed E-state index contributed by atoms with van der Waals surface area (Å²) in [5, 5.41) is 14.3. The number of rotatable bonds is 3. The fourth-order valence-corrected chi connectivity index (χ4v) is 2.50. The molecule has 0 amide bonds. The molecule has 0 saturated carbocycles. The second-order valence-corrected chi connectivity index (χ2v) is 5.49. The molecule has 0 radical (unpaired) electrons. The van der Waals surface area contributed by atoms with E-state index < -0.39 is 5.97 Å². The summed E-state index contributed by atoms with van der Waals surface area (Å²) in [6.07, 6.45) is 5.49. The summed E-state index contributed by atoms with van der Waals surface area (Å²) < 4.78 is 3.75. The molecule has 5 heteroatoms. The minimum absolute atomic E-state index is 0.316. The average Bonchev–Trinajstić information content (AvgIpc) is 3.04. The van der Waals surface area contributed by atoms with E-state index in [-0.39, 0.29) is 0 Å². The molecule has 0 aliphatic carbocycles. The number of hydrogen-bond donors (Lipinski definition) is 1. The van der Waals surface area contributed by atoms with Crippen molar-refractivity contribution in [1.29, 1.82) is 0 Å². The first kappa shape index (κ1) is 13.4. The zero-order chi connectivity index (χ0) is 15.1. The van der Waals surface area contributed by atoms with Gasteiger partial charge < -0.3 is 9.67 Å². The van der Waals surface area contributed by atoms with Crippen molar-refractivity contribution in [1.82, 2.24) is 14.3 Å². The van der Waals surface area contributed by atoms with Gasteiger partial charge in [-0.25, -0.2) is 4.79 Å². The van der Waals surface area contributed by atoms with Gasteiger partial charge in [-0.05, 0) is 25.5 Å². The van der Waals surface area contributed by atoms with Crippen LogP contribution in [0.5, 0.6) is 0 Å². The van der Waals surface area contributed by atoms with Crippen LogP contribution in [0.15, 0.2) is 36.8 Å². The van der Waals surface area contributed by atoms with Gasteiger partial charge in [0.1, 0.15) is 0 Å². The highest BCUT2D eigenvalue weighted by Crippen LogP contribution is 2.27. The summed E-state index contributed by atoms with van der Waals surface area (Å²) in [6, 6.07) is 6.12. The predicted octanol–water partition coefficient (Wildman–Crippen LogP) is 3.32. The average molecular weight is 283 g/mol. The maximum absolute atomic E-state index is 11.2. The molecule has 0 saturated heterocycles. The first-order valence-electron chi connectivity index (χ1n) is 6.84. The Balaban J connectivity index is 2.12. The zero-order valence-corrected chi connectivity index (χ0v) is 12.2. The lowest BCUT2D eigenvalue weighted by Crippen LogP contribution is -1.99. The molecule has 0 bridgehead atoms. The quantitative estimate of drug-likeness (QED) is 0.802. The number of aryl methyl sites for hydroxylation is 1. The first-order chi connectivity index (χ1) is 9.97. The molecule has 0 aliphatic heterocycles. The molecule has 0 spiro atoms. The van der Waals surface area contributed by atoms with E-state index in [1.165, 1.54) is 0 Å². The highest BCUT2D eigenvalue weighted by molar-refractivity contribution is 6.04. The Hall–Kier alpha value is -2.56. The minimum atomic E-state index is -0.902. The van der Waals surface area contributed by atoms with Crippen molar-refractivity contribution in [2.24, 2.45) is 7.05 Å². The Morgan fingerprint density at radius 3 is 2.62 bits per heavy atom. The van der Waals surface area contributed by atoms with Crippen molar-refractivity contribution in [3.05, 3.63) is 42.4 Å². The smallest absolute Gasteiger partial charge is 0.337 e. The van der Waals surface area contributed by atoms with E-state index in [4.69, 9.17) is 0 Å². The van der Waals surface area contributed by atoms with Crippen LogP contribution in [-0.4, -0.2) is 25.4 Å². The molecule has 3 rings (SSSR count). The fraction of sp³-hybridized carbons (Fsp3) is 0.250. The van der Waals surface area contributed by atoms with E-state index >= 15 is 0 Å². The number of carboxylic acids is 1. The lowest BCUT2D eigenvalue weighted by atomic mass is 10.1. The molecule has 0 aliphatic rings. The topological polar surface area (TPSA) is 60.1 Å². The van der Waals surface area contributed by atoms with Crippen molar-refractivity contribution >= 4 is 16.9 Å². The van der Waals surface area contributed by atoms with E-state index in [1.807, 2.05) is 46.9 Å². The summed E-state index contributed by atoms with van der Waals surface area (Å²) in [7, 11) is 1.86. The number of carbonyl (C=O) groups is 1. The van der Waals surface area contributed by atoms with Gasteiger partial charge >= 0.3 is 5.97 Å². The summed E-state index contributed by atoms with van der Waals surface area (Å²) in [5.41, 5.74) is 3.30. The van der Waals surface area contributed by atoms with Gasteiger partial charge in [0.2, 0.25) is 0 Å². The van der Waals surface area contributed by atoms with Crippen molar-refractivity contribution < 1.29 is 9.90 Å². The number of hydrogen-bond acceptors (Lipinski definition) is 2. The highest BCUT2D eigenvalue weighted by Gasteiger charge is 2.14. The number of benzene rings is 1. The largest absolute Gasteiger partial charge is 0.478 e. The van der Waals surface area contributed by atoms with Crippen LogP contribution >= 0.6 is 0 Å². The third-order valence-corrected chi connectivity index (χ3v) is 3.68. The Kier molecular flexibility index (Phi) is 3.05. The van der Waals surface area contributed by atoms with Crippen LogP contribution in [0.3, 0.4) is 0 Å². The first-order valence-corrected chi connectivity index (χ1v) is 6.84. The molecule has 5 nitrogen and oxygen atoms in total. The van der Waals surface area contributed by atoms with Crippen LogP contribution in [0, 0.1) is 0 Å². The molecule has 1 aromatic carbocycles. The second kappa shape index (κ2) is 4.77. The Labute approximate surface area is 122 Å². The van der Waals surface area contributed by atoms with E-state index in [9.17, 15) is 9.90 Å². The van der Waals surface area contributed by atoms with Crippen molar-refractivity contribution in [3.63, 3.8) is 0 Å². The Bertz CT molecular complexity index is 827. The predicted molar refractivity (Wildman–Crippen MR) is 81.5 cm³/mol. The molecule has 2 aromatic heterocycles.